The van der Waals surface area contributed by atoms with Gasteiger partial charge in [-0.1, -0.05) is 30.8 Å². The quantitative estimate of drug-likeness (QED) is 0.831. The van der Waals surface area contributed by atoms with Crippen molar-refractivity contribution in [1.29, 1.82) is 0 Å². The van der Waals surface area contributed by atoms with E-state index in [1.54, 1.807) is 23.1 Å². The Morgan fingerprint density at radius 1 is 1.39 bits per heavy atom. The van der Waals surface area contributed by atoms with Crippen LogP contribution in [0.1, 0.15) is 19.8 Å². The highest BCUT2D eigenvalue weighted by atomic mass is 32.2. The maximum absolute atomic E-state index is 14.2. The van der Waals surface area contributed by atoms with Crippen molar-refractivity contribution in [2.75, 3.05) is 16.4 Å². The summed E-state index contributed by atoms with van der Waals surface area (Å²) in [5, 5.41) is 0.186. The summed E-state index contributed by atoms with van der Waals surface area (Å²) in [6.07, 6.45) is 1.00. The molecule has 0 aliphatic carbocycles. The van der Waals surface area contributed by atoms with Gasteiger partial charge in [-0.05, 0) is 18.6 Å². The highest BCUT2D eigenvalue weighted by molar-refractivity contribution is 8.16. The van der Waals surface area contributed by atoms with Crippen LogP contribution in [0.15, 0.2) is 29.3 Å². The molecule has 0 radical (unpaired) electrons. The smallest absolute Gasteiger partial charge is 0.248 e. The number of carbonyl (C=O) groups excluding carboxylic acids is 1. The van der Waals surface area contributed by atoms with Gasteiger partial charge in [0.15, 0.2) is 15.0 Å². The average Bonchev–Trinajstić information content (AvgIpc) is 2.91. The largest absolute Gasteiger partial charge is 0.313 e. The fourth-order valence-corrected chi connectivity index (χ4v) is 6.79. The van der Waals surface area contributed by atoms with Crippen molar-refractivity contribution in [3.63, 3.8) is 0 Å². The number of sulfone groups is 1. The van der Waals surface area contributed by atoms with Crippen molar-refractivity contribution in [3.05, 3.63) is 30.1 Å². The molecule has 0 saturated carbocycles. The predicted molar refractivity (Wildman–Crippen MR) is 90.0 cm³/mol. The minimum Gasteiger partial charge on any atom is -0.313 e. The number of aliphatic imine (C=N–C) groups is 1. The molecule has 23 heavy (non-hydrogen) atoms. The minimum absolute atomic E-state index is 0.0360. The van der Waals surface area contributed by atoms with E-state index in [4.69, 9.17) is 0 Å². The number of fused-ring (bicyclic) bond motifs is 1. The molecule has 1 amide bonds. The zero-order chi connectivity index (χ0) is 16.6. The zero-order valence-corrected chi connectivity index (χ0v) is 14.2. The number of nitrogens with zero attached hydrogens (tertiary/aromatic N) is 2. The monoisotopic (exact) mass is 356 g/mol. The first kappa shape index (κ1) is 16.4. The lowest BCUT2D eigenvalue weighted by atomic mass is 10.2. The lowest BCUT2D eigenvalue weighted by Crippen LogP contribution is -2.38. The van der Waals surface area contributed by atoms with Gasteiger partial charge in [-0.3, -0.25) is 4.79 Å². The highest BCUT2D eigenvalue weighted by Gasteiger charge is 2.49. The number of halogens is 1. The molecule has 0 aromatic heterocycles. The van der Waals surface area contributed by atoms with Crippen molar-refractivity contribution in [2.45, 2.75) is 31.1 Å². The Bertz CT molecular complexity index is 764. The second kappa shape index (κ2) is 6.24. The average molecular weight is 356 g/mol. The molecule has 0 bridgehead atoms. The topological polar surface area (TPSA) is 66.8 Å². The van der Waals surface area contributed by atoms with E-state index in [0.29, 0.717) is 18.0 Å². The van der Waals surface area contributed by atoms with Gasteiger partial charge < -0.3 is 4.90 Å². The SMILES string of the molecule is CCCC(=O)N=C1S[C@@H]2CS(=O)(=O)C[C@H]2N1c1ccccc1F. The fourth-order valence-electron chi connectivity index (χ4n) is 2.87. The first-order chi connectivity index (χ1) is 10.9. The Kier molecular flexibility index (Phi) is 4.46. The molecule has 2 aliphatic heterocycles. The van der Waals surface area contributed by atoms with Gasteiger partial charge in [0.1, 0.15) is 5.82 Å². The summed E-state index contributed by atoms with van der Waals surface area (Å²) in [6.45, 7) is 1.88. The summed E-state index contributed by atoms with van der Waals surface area (Å²) in [5.41, 5.74) is 0.271. The molecule has 1 aromatic rings. The van der Waals surface area contributed by atoms with Crippen LogP contribution in [-0.2, 0) is 14.6 Å². The Hall–Kier alpha value is -1.41. The maximum Gasteiger partial charge on any atom is 0.248 e. The van der Waals surface area contributed by atoms with Crippen LogP contribution in [0.4, 0.5) is 10.1 Å². The summed E-state index contributed by atoms with van der Waals surface area (Å²) < 4.78 is 38.0. The molecular formula is C15H17FN2O3S2. The number of amidine groups is 1. The molecule has 2 aliphatic rings. The predicted octanol–water partition coefficient (Wildman–Crippen LogP) is 2.23. The summed E-state index contributed by atoms with van der Waals surface area (Å²) in [7, 11) is -3.15. The number of hydrogen-bond donors (Lipinski definition) is 0. The van der Waals surface area contributed by atoms with E-state index in [-0.39, 0.29) is 34.4 Å². The van der Waals surface area contributed by atoms with Gasteiger partial charge in [0.25, 0.3) is 0 Å². The molecule has 0 unspecified atom stereocenters. The highest BCUT2D eigenvalue weighted by Crippen LogP contribution is 2.41. The standard InChI is InChI=1S/C15H17FN2O3S2/c1-2-5-14(19)17-15-18(11-7-4-3-6-10(11)16)12-8-23(20,21)9-13(12)22-15/h3-4,6-7,12-13H,2,5,8-9H2,1H3/t12-,13-/m1/s1. The van der Waals surface area contributed by atoms with Crippen molar-refractivity contribution < 1.29 is 17.6 Å². The van der Waals surface area contributed by atoms with Gasteiger partial charge in [-0.15, -0.1) is 0 Å². The molecular weight excluding hydrogens is 339 g/mol. The van der Waals surface area contributed by atoms with E-state index in [2.05, 4.69) is 4.99 Å². The summed E-state index contributed by atoms with van der Waals surface area (Å²) >= 11 is 1.26. The van der Waals surface area contributed by atoms with Crippen molar-refractivity contribution >= 4 is 38.4 Å². The Labute approximate surface area is 138 Å². The second-order valence-electron chi connectivity index (χ2n) is 5.66. The van der Waals surface area contributed by atoms with Crippen LogP contribution in [0.5, 0.6) is 0 Å². The third-order valence-electron chi connectivity index (χ3n) is 3.86. The number of carbonyl (C=O) groups is 1. The number of rotatable bonds is 3. The summed E-state index contributed by atoms with van der Waals surface area (Å²) in [6, 6.07) is 5.79. The molecule has 0 N–H and O–H groups in total. The molecule has 0 spiro atoms. The molecule has 3 rings (SSSR count). The van der Waals surface area contributed by atoms with E-state index < -0.39 is 15.7 Å². The van der Waals surface area contributed by atoms with Crippen LogP contribution < -0.4 is 4.90 Å². The van der Waals surface area contributed by atoms with Crippen molar-refractivity contribution in [2.24, 2.45) is 4.99 Å². The van der Waals surface area contributed by atoms with E-state index in [0.717, 1.165) is 0 Å². The molecule has 2 saturated heterocycles. The maximum atomic E-state index is 14.2. The number of amides is 1. The number of hydrogen-bond acceptors (Lipinski definition) is 4. The number of thioether (sulfide) groups is 1. The summed E-state index contributed by atoms with van der Waals surface area (Å²) in [4.78, 5) is 17.6. The van der Waals surface area contributed by atoms with E-state index in [1.807, 2.05) is 6.92 Å². The molecule has 2 heterocycles. The van der Waals surface area contributed by atoms with Crippen LogP contribution in [0.3, 0.4) is 0 Å². The van der Waals surface area contributed by atoms with E-state index in [1.165, 1.54) is 17.8 Å². The van der Waals surface area contributed by atoms with Gasteiger partial charge in [0.2, 0.25) is 5.91 Å². The van der Waals surface area contributed by atoms with E-state index >= 15 is 0 Å². The Balaban J connectivity index is 2.01. The van der Waals surface area contributed by atoms with Gasteiger partial charge in [0, 0.05) is 11.7 Å². The number of para-hydroxylation sites is 1. The first-order valence-electron chi connectivity index (χ1n) is 7.43. The molecule has 1 aromatic carbocycles. The van der Waals surface area contributed by atoms with Crippen molar-refractivity contribution in [3.8, 4) is 0 Å². The molecule has 2 atom stereocenters. The van der Waals surface area contributed by atoms with E-state index in [9.17, 15) is 17.6 Å². The minimum atomic E-state index is -3.15. The van der Waals surface area contributed by atoms with Gasteiger partial charge in [-0.2, -0.15) is 4.99 Å². The normalized spacial score (nSPS) is 27.4. The molecule has 8 heteroatoms. The lowest BCUT2D eigenvalue weighted by Gasteiger charge is -2.24. The second-order valence-corrected chi connectivity index (χ2v) is 9.02. The van der Waals surface area contributed by atoms with Crippen LogP contribution in [0.25, 0.3) is 0 Å². The number of benzene rings is 1. The third kappa shape index (κ3) is 3.28. The molecule has 2 fully saturated rings. The van der Waals surface area contributed by atoms with Gasteiger partial charge >= 0.3 is 0 Å². The third-order valence-corrected chi connectivity index (χ3v) is 7.07. The lowest BCUT2D eigenvalue weighted by molar-refractivity contribution is -0.117. The fraction of sp³-hybridized carbons (Fsp3) is 0.467. The van der Waals surface area contributed by atoms with Crippen molar-refractivity contribution in [1.82, 2.24) is 0 Å². The van der Waals surface area contributed by atoms with Crippen LogP contribution in [-0.4, -0.2) is 42.3 Å². The molecule has 5 nitrogen and oxygen atoms in total. The Morgan fingerprint density at radius 2 is 2.13 bits per heavy atom. The van der Waals surface area contributed by atoms with Crippen LogP contribution >= 0.6 is 11.8 Å². The van der Waals surface area contributed by atoms with Gasteiger partial charge in [-0.25, -0.2) is 12.8 Å². The van der Waals surface area contributed by atoms with Crippen LogP contribution in [0.2, 0.25) is 0 Å². The Morgan fingerprint density at radius 3 is 2.83 bits per heavy atom. The van der Waals surface area contributed by atoms with Gasteiger partial charge in [0.05, 0.1) is 23.2 Å². The summed E-state index contributed by atoms with van der Waals surface area (Å²) in [5.74, 6) is -0.721. The molecule has 124 valence electrons. The zero-order valence-electron chi connectivity index (χ0n) is 12.6. The van der Waals surface area contributed by atoms with Crippen LogP contribution in [0, 0.1) is 5.82 Å². The number of anilines is 1. The first-order valence-corrected chi connectivity index (χ1v) is 10.1.